The molecule has 0 spiro atoms. The number of alkyl carbamates (subject to hydrolysis) is 1. The Hall–Kier alpha value is -4.74. The number of benzene rings is 1. The van der Waals surface area contributed by atoms with E-state index >= 15 is 0 Å². The van der Waals surface area contributed by atoms with Gasteiger partial charge in [-0.3, -0.25) is 19.1 Å². The summed E-state index contributed by atoms with van der Waals surface area (Å²) in [7, 11) is 0.699. The summed E-state index contributed by atoms with van der Waals surface area (Å²) in [6.45, 7) is 7.82. The number of nitrogens with zero attached hydrogens (tertiary/aromatic N) is 4. The normalized spacial score (nSPS) is 29.1. The second kappa shape index (κ2) is 16.1. The summed E-state index contributed by atoms with van der Waals surface area (Å²) in [6.07, 6.45) is 4.22. The van der Waals surface area contributed by atoms with Crippen LogP contribution in [0.5, 0.6) is 11.6 Å². The fourth-order valence-corrected chi connectivity index (χ4v) is 9.25. The first-order valence-corrected chi connectivity index (χ1v) is 21.3. The van der Waals surface area contributed by atoms with E-state index in [0.717, 1.165) is 6.42 Å². The molecule has 318 valence electrons. The molecule has 18 heteroatoms. The van der Waals surface area contributed by atoms with Gasteiger partial charge in [0.1, 0.15) is 46.5 Å². The molecule has 4 amide bonds. The lowest BCUT2D eigenvalue weighted by Crippen LogP contribution is -2.59. The molecule has 1 saturated heterocycles. The van der Waals surface area contributed by atoms with Crippen molar-refractivity contribution in [1.82, 2.24) is 30.2 Å². The minimum Gasteiger partial charge on any atom is -0.497 e. The number of carbonyl (C=O) groups excluding carboxylic acids is 4. The number of amides is 4. The van der Waals surface area contributed by atoms with Crippen LogP contribution in [0.15, 0.2) is 30.4 Å². The maximum Gasteiger partial charge on any atom is 0.408 e. The highest BCUT2D eigenvalue weighted by Crippen LogP contribution is 2.48. The molecule has 3 N–H and O–H groups in total. The second-order valence-electron chi connectivity index (χ2n) is 17.6. The zero-order chi connectivity index (χ0) is 42.4. The number of hydrogen-bond acceptors (Lipinski definition) is 12. The number of alkyl halides is 1. The zero-order valence-electron chi connectivity index (χ0n) is 34.5. The molecule has 2 saturated carbocycles. The van der Waals surface area contributed by atoms with Crippen molar-refractivity contribution >= 4 is 50.7 Å². The number of anilines is 1. The first-order chi connectivity index (χ1) is 27.2. The van der Waals surface area contributed by atoms with E-state index in [1.807, 2.05) is 19.9 Å². The van der Waals surface area contributed by atoms with Crippen LogP contribution in [0.4, 0.5) is 15.1 Å². The van der Waals surface area contributed by atoms with Crippen LogP contribution in [0.3, 0.4) is 0 Å². The summed E-state index contributed by atoms with van der Waals surface area (Å²) >= 11 is 0. The molecule has 4 aliphatic rings. The summed E-state index contributed by atoms with van der Waals surface area (Å²) in [4.78, 5) is 69.0. The average molecular weight is 830 g/mol. The van der Waals surface area contributed by atoms with Crippen LogP contribution in [0, 0.1) is 17.8 Å². The van der Waals surface area contributed by atoms with Crippen LogP contribution in [0.2, 0.25) is 0 Å². The molecule has 16 nitrogen and oxygen atoms in total. The number of fused-ring (bicyclic) bond motifs is 3. The average Bonchev–Trinajstić information content (AvgIpc) is 4.05. The van der Waals surface area contributed by atoms with Gasteiger partial charge in [-0.25, -0.2) is 22.6 Å². The van der Waals surface area contributed by atoms with Gasteiger partial charge in [0, 0.05) is 32.5 Å². The SMILES string of the molecule is COc1ccc2c(O[C@@H]3C[C@H]4C(=O)N[C@]5(C(=O)NS(=O)(=O)C6(CF)CC6)C[C@H]5/C=C\CC[C@H](C)C[C@@H](C)[C@H](NC(=O)OC(C)(C)C)C(=O)N4C3)nc(N(C)C)nc2c1. The van der Waals surface area contributed by atoms with E-state index in [0.29, 0.717) is 35.4 Å². The van der Waals surface area contributed by atoms with E-state index in [-0.39, 0.29) is 44.0 Å². The van der Waals surface area contributed by atoms with E-state index < -0.39 is 86.4 Å². The third-order valence-electron chi connectivity index (χ3n) is 11.5. The highest BCUT2D eigenvalue weighted by molar-refractivity contribution is 7.91. The van der Waals surface area contributed by atoms with Gasteiger partial charge in [-0.15, -0.1) is 0 Å². The first kappa shape index (κ1) is 42.9. The lowest BCUT2D eigenvalue weighted by Gasteiger charge is -2.33. The van der Waals surface area contributed by atoms with Crippen molar-refractivity contribution in [3.63, 3.8) is 0 Å². The smallest absolute Gasteiger partial charge is 0.408 e. The van der Waals surface area contributed by atoms with E-state index in [9.17, 15) is 32.0 Å². The van der Waals surface area contributed by atoms with Crippen LogP contribution < -0.4 is 29.7 Å². The Kier molecular flexibility index (Phi) is 11.9. The second-order valence-corrected chi connectivity index (χ2v) is 19.6. The lowest BCUT2D eigenvalue weighted by molar-refractivity contribution is -0.142. The standard InChI is InChI=1S/C40H56FN7O9S/c1-23-11-9-10-12-25-20-40(25,35(51)46-58(53,54)39(22-41)15-16-39)45-32(49)30-19-27(21-48(30)34(50)31(24(2)17-23)43-37(52)57-38(3,4)5)56-33-28-14-13-26(55-8)18-29(28)42-36(44-33)47(6)7/h10,12-14,18,23-25,27,30-31H,9,11,15-17,19-22H2,1-8H3,(H,43,52)(H,45,49)(H,46,51)/b12-10-/t23-,24+,25+,27+,30-,31-,40+/m0/s1. The number of nitrogens with one attached hydrogen (secondary N) is 3. The topological polar surface area (TPSA) is 198 Å². The van der Waals surface area contributed by atoms with Crippen molar-refractivity contribution in [3.8, 4) is 11.6 Å². The number of sulfonamides is 1. The molecule has 7 atom stereocenters. The number of hydrogen-bond donors (Lipinski definition) is 3. The maximum atomic E-state index is 14.9. The highest BCUT2D eigenvalue weighted by Gasteiger charge is 2.64. The Morgan fingerprint density at radius 2 is 1.84 bits per heavy atom. The number of halogens is 1. The Labute approximate surface area is 339 Å². The summed E-state index contributed by atoms with van der Waals surface area (Å²) in [5.74, 6) is -1.95. The number of carbonyl (C=O) groups is 4. The third kappa shape index (κ3) is 8.95. The Bertz CT molecular complexity index is 2070. The molecule has 0 bridgehead atoms. The fourth-order valence-electron chi connectivity index (χ4n) is 7.83. The Morgan fingerprint density at radius 3 is 2.48 bits per heavy atom. The number of rotatable bonds is 9. The van der Waals surface area contributed by atoms with Crippen LogP contribution in [0.1, 0.15) is 79.6 Å². The van der Waals surface area contributed by atoms with E-state index in [1.165, 1.54) is 4.90 Å². The first-order valence-electron chi connectivity index (χ1n) is 19.8. The van der Waals surface area contributed by atoms with Crippen LogP contribution in [-0.2, 0) is 29.1 Å². The van der Waals surface area contributed by atoms with Gasteiger partial charge in [-0.1, -0.05) is 26.0 Å². The maximum absolute atomic E-state index is 14.9. The van der Waals surface area contributed by atoms with Gasteiger partial charge in [0.25, 0.3) is 5.91 Å². The predicted octanol–water partition coefficient (Wildman–Crippen LogP) is 3.78. The predicted molar refractivity (Wildman–Crippen MR) is 213 cm³/mol. The molecule has 6 rings (SSSR count). The quantitative estimate of drug-likeness (QED) is 0.310. The minimum atomic E-state index is -4.40. The largest absolute Gasteiger partial charge is 0.497 e. The van der Waals surface area contributed by atoms with Crippen molar-refractivity contribution in [3.05, 3.63) is 30.4 Å². The van der Waals surface area contributed by atoms with Crippen molar-refractivity contribution < 1.29 is 46.2 Å². The molecule has 3 fully saturated rings. The number of ether oxygens (including phenoxy) is 3. The summed E-state index contributed by atoms with van der Waals surface area (Å²) in [5.41, 5.74) is -1.99. The fraction of sp³-hybridized carbons (Fsp3) is 0.650. The van der Waals surface area contributed by atoms with Crippen LogP contribution in [-0.4, -0.2) is 116 Å². The highest BCUT2D eigenvalue weighted by atomic mass is 32.2. The molecule has 2 aliphatic carbocycles. The van der Waals surface area contributed by atoms with E-state index in [4.69, 9.17) is 14.2 Å². The Morgan fingerprint density at radius 1 is 1.12 bits per heavy atom. The molecule has 1 aromatic carbocycles. The molecule has 2 aliphatic heterocycles. The molecule has 0 unspecified atom stereocenters. The van der Waals surface area contributed by atoms with E-state index in [2.05, 4.69) is 25.3 Å². The number of allylic oxidation sites excluding steroid dienone is 1. The molecular formula is C40H56FN7O9S. The van der Waals surface area contributed by atoms with Gasteiger partial charge < -0.3 is 34.6 Å². The van der Waals surface area contributed by atoms with Gasteiger partial charge in [0.2, 0.25) is 33.7 Å². The van der Waals surface area contributed by atoms with Gasteiger partial charge >= 0.3 is 6.09 Å². The Balaban J connectivity index is 1.37. The van der Waals surface area contributed by atoms with Crippen molar-refractivity contribution in [2.75, 3.05) is 39.3 Å². The minimum absolute atomic E-state index is 0.0398. The molecule has 3 heterocycles. The summed E-state index contributed by atoms with van der Waals surface area (Å²) < 4.78 is 58.3. The molecular weight excluding hydrogens is 774 g/mol. The molecule has 58 heavy (non-hydrogen) atoms. The molecule has 2 aromatic rings. The summed E-state index contributed by atoms with van der Waals surface area (Å²) in [5, 5.41) is 6.18. The van der Waals surface area contributed by atoms with Gasteiger partial charge in [0.05, 0.1) is 24.6 Å². The van der Waals surface area contributed by atoms with Gasteiger partial charge in [0.15, 0.2) is 0 Å². The van der Waals surface area contributed by atoms with Crippen LogP contribution >= 0.6 is 0 Å². The number of aromatic nitrogens is 2. The van der Waals surface area contributed by atoms with Crippen molar-refractivity contribution in [1.29, 1.82) is 0 Å². The van der Waals surface area contributed by atoms with Crippen molar-refractivity contribution in [2.45, 2.75) is 114 Å². The third-order valence-corrected chi connectivity index (χ3v) is 13.6. The molecule has 0 radical (unpaired) electrons. The molecule has 1 aromatic heterocycles. The number of methoxy groups -OCH3 is 1. The van der Waals surface area contributed by atoms with Gasteiger partial charge in [-0.2, -0.15) is 4.98 Å². The monoisotopic (exact) mass is 829 g/mol. The lowest BCUT2D eigenvalue weighted by atomic mass is 9.88. The van der Waals surface area contributed by atoms with Crippen molar-refractivity contribution in [2.24, 2.45) is 17.8 Å². The van der Waals surface area contributed by atoms with Crippen LogP contribution in [0.25, 0.3) is 10.9 Å². The van der Waals surface area contributed by atoms with E-state index in [1.54, 1.807) is 71.2 Å². The zero-order valence-corrected chi connectivity index (χ0v) is 35.3. The summed E-state index contributed by atoms with van der Waals surface area (Å²) in [6, 6.07) is 2.91. The van der Waals surface area contributed by atoms with Gasteiger partial charge in [-0.05, 0) is 83.3 Å².